The largest absolute Gasteiger partial charge is 0.493 e. The maximum Gasteiger partial charge on any atom is 0.165 e. The first-order valence-corrected chi connectivity index (χ1v) is 4.57. The molecule has 0 aliphatic rings. The highest BCUT2D eigenvalue weighted by molar-refractivity contribution is 6.34. The molecule has 0 spiro atoms. The van der Waals surface area contributed by atoms with Gasteiger partial charge in [0.15, 0.2) is 5.78 Å². The van der Waals surface area contributed by atoms with Crippen LogP contribution in [0.5, 0.6) is 5.75 Å². The van der Waals surface area contributed by atoms with Crippen LogP contribution in [0.3, 0.4) is 0 Å². The molecule has 76 valence electrons. The molecule has 0 radical (unpaired) electrons. The van der Waals surface area contributed by atoms with Gasteiger partial charge in [-0.25, -0.2) is 4.39 Å². The van der Waals surface area contributed by atoms with Crippen LogP contribution in [0.15, 0.2) is 12.1 Å². The van der Waals surface area contributed by atoms with E-state index in [-0.39, 0.29) is 16.4 Å². The Morgan fingerprint density at radius 3 is 2.71 bits per heavy atom. The van der Waals surface area contributed by atoms with Crippen LogP contribution in [-0.4, -0.2) is 12.4 Å². The van der Waals surface area contributed by atoms with Crippen LogP contribution in [0.25, 0.3) is 0 Å². The van der Waals surface area contributed by atoms with Crippen molar-refractivity contribution in [3.05, 3.63) is 28.5 Å². The molecule has 0 saturated carbocycles. The van der Waals surface area contributed by atoms with Crippen LogP contribution in [0, 0.1) is 5.82 Å². The molecule has 2 nitrogen and oxygen atoms in total. The third kappa shape index (κ3) is 2.04. The summed E-state index contributed by atoms with van der Waals surface area (Å²) in [4.78, 5) is 11.2. The summed E-state index contributed by atoms with van der Waals surface area (Å²) in [5, 5.41) is -0.177. The number of hydrogen-bond donors (Lipinski definition) is 0. The lowest BCUT2D eigenvalue weighted by molar-refractivity contribution is 0.101. The molecule has 0 aromatic heterocycles. The number of hydrogen-bond acceptors (Lipinski definition) is 2. The van der Waals surface area contributed by atoms with E-state index in [2.05, 4.69) is 0 Å². The Kier molecular flexibility index (Phi) is 3.47. The minimum atomic E-state index is -0.611. The van der Waals surface area contributed by atoms with E-state index in [1.54, 1.807) is 6.92 Å². The molecule has 0 N–H and O–H groups in total. The molecule has 0 saturated heterocycles. The maximum absolute atomic E-state index is 13.0. The summed E-state index contributed by atoms with van der Waals surface area (Å²) in [5.74, 6) is -0.593. The van der Waals surface area contributed by atoms with Gasteiger partial charge in [-0.2, -0.15) is 0 Å². The van der Waals surface area contributed by atoms with Crippen molar-refractivity contribution in [1.29, 1.82) is 0 Å². The second-order valence-electron chi connectivity index (χ2n) is 2.72. The number of halogens is 2. The Morgan fingerprint density at radius 2 is 2.21 bits per heavy atom. The molecule has 1 aromatic rings. The summed E-state index contributed by atoms with van der Waals surface area (Å²) in [5.41, 5.74) is 0.105. The molecular formula is C10H10ClFO2. The van der Waals surface area contributed by atoms with E-state index in [1.807, 2.05) is 0 Å². The quantitative estimate of drug-likeness (QED) is 0.726. The van der Waals surface area contributed by atoms with E-state index in [9.17, 15) is 9.18 Å². The molecule has 0 amide bonds. The van der Waals surface area contributed by atoms with Crippen molar-refractivity contribution in [3.8, 4) is 5.75 Å². The van der Waals surface area contributed by atoms with Gasteiger partial charge in [0, 0.05) is 0 Å². The fourth-order valence-corrected chi connectivity index (χ4v) is 1.43. The minimum Gasteiger partial charge on any atom is -0.493 e. The van der Waals surface area contributed by atoms with E-state index in [0.717, 1.165) is 0 Å². The molecule has 0 atom stereocenters. The first-order valence-electron chi connectivity index (χ1n) is 4.19. The zero-order chi connectivity index (χ0) is 10.7. The molecule has 0 aliphatic heterocycles. The second-order valence-corrected chi connectivity index (χ2v) is 3.10. The molecule has 0 fully saturated rings. The molecule has 1 rings (SSSR count). The van der Waals surface area contributed by atoms with Crippen molar-refractivity contribution in [1.82, 2.24) is 0 Å². The summed E-state index contributed by atoms with van der Waals surface area (Å²) >= 11 is 5.65. The number of ketones is 1. The van der Waals surface area contributed by atoms with Crippen LogP contribution in [0.2, 0.25) is 5.02 Å². The molecule has 1 aromatic carbocycles. The molecule has 14 heavy (non-hydrogen) atoms. The van der Waals surface area contributed by atoms with Gasteiger partial charge >= 0.3 is 0 Å². The van der Waals surface area contributed by atoms with Crippen LogP contribution in [0.4, 0.5) is 4.39 Å². The maximum atomic E-state index is 13.0. The number of carbonyl (C=O) groups excluding carboxylic acids is 1. The molecular weight excluding hydrogens is 207 g/mol. The Bertz CT molecular complexity index is 363. The van der Waals surface area contributed by atoms with Gasteiger partial charge in [-0.15, -0.1) is 0 Å². The molecule has 0 heterocycles. The normalized spacial score (nSPS) is 10.0. The lowest BCUT2D eigenvalue weighted by atomic mass is 10.1. The van der Waals surface area contributed by atoms with Gasteiger partial charge in [0.2, 0.25) is 0 Å². The van der Waals surface area contributed by atoms with Gasteiger partial charge in [-0.1, -0.05) is 11.6 Å². The predicted molar refractivity (Wildman–Crippen MR) is 52.6 cm³/mol. The average molecular weight is 217 g/mol. The monoisotopic (exact) mass is 216 g/mol. The molecule has 4 heteroatoms. The Labute approximate surface area is 86.6 Å². The first kappa shape index (κ1) is 11.0. The standard InChI is InChI=1S/C10H10ClFO2/c1-3-14-8-5-4-7(12)10(11)9(8)6(2)13/h4-5H,3H2,1-2H3. The number of Topliss-reactive ketones (excluding diaryl/α,β-unsaturated/α-hetero) is 1. The average Bonchev–Trinajstić information content (AvgIpc) is 2.11. The minimum absolute atomic E-state index is 0.105. The second kappa shape index (κ2) is 4.42. The number of ether oxygens (including phenoxy) is 1. The van der Waals surface area contributed by atoms with Crippen molar-refractivity contribution < 1.29 is 13.9 Å². The lowest BCUT2D eigenvalue weighted by Gasteiger charge is -2.09. The summed E-state index contributed by atoms with van der Waals surface area (Å²) in [7, 11) is 0. The SMILES string of the molecule is CCOc1ccc(F)c(Cl)c1C(C)=O. The predicted octanol–water partition coefficient (Wildman–Crippen LogP) is 3.08. The fraction of sp³-hybridized carbons (Fsp3) is 0.300. The third-order valence-corrected chi connectivity index (χ3v) is 2.08. The van der Waals surface area contributed by atoms with Crippen molar-refractivity contribution >= 4 is 17.4 Å². The number of rotatable bonds is 3. The van der Waals surface area contributed by atoms with Crippen molar-refractivity contribution in [2.45, 2.75) is 13.8 Å². The topological polar surface area (TPSA) is 26.3 Å². The van der Waals surface area contributed by atoms with Crippen molar-refractivity contribution in [2.24, 2.45) is 0 Å². The van der Waals surface area contributed by atoms with Crippen LogP contribution < -0.4 is 4.74 Å². The highest BCUT2D eigenvalue weighted by Crippen LogP contribution is 2.29. The summed E-state index contributed by atoms with van der Waals surface area (Å²) in [6.07, 6.45) is 0. The Balaban J connectivity index is 3.30. The molecule has 0 unspecified atom stereocenters. The van der Waals surface area contributed by atoms with Gasteiger partial charge < -0.3 is 4.74 Å². The smallest absolute Gasteiger partial charge is 0.165 e. The van der Waals surface area contributed by atoms with E-state index < -0.39 is 5.82 Å². The zero-order valence-electron chi connectivity index (χ0n) is 7.93. The first-order chi connectivity index (χ1) is 6.57. The summed E-state index contributed by atoms with van der Waals surface area (Å²) < 4.78 is 18.2. The van der Waals surface area contributed by atoms with Crippen molar-refractivity contribution in [3.63, 3.8) is 0 Å². The van der Waals surface area contributed by atoms with Crippen LogP contribution >= 0.6 is 11.6 Å². The highest BCUT2D eigenvalue weighted by atomic mass is 35.5. The lowest BCUT2D eigenvalue weighted by Crippen LogP contribution is -2.02. The van der Waals surface area contributed by atoms with Gasteiger partial charge in [0.25, 0.3) is 0 Å². The van der Waals surface area contributed by atoms with E-state index in [1.165, 1.54) is 19.1 Å². The van der Waals surface area contributed by atoms with Crippen molar-refractivity contribution in [2.75, 3.05) is 6.61 Å². The summed E-state index contributed by atoms with van der Waals surface area (Å²) in [6, 6.07) is 2.58. The Hall–Kier alpha value is -1.09. The Morgan fingerprint density at radius 1 is 1.57 bits per heavy atom. The van der Waals surface area contributed by atoms with E-state index in [0.29, 0.717) is 12.4 Å². The fourth-order valence-electron chi connectivity index (χ4n) is 1.14. The van der Waals surface area contributed by atoms with Gasteiger partial charge in [0.1, 0.15) is 11.6 Å². The van der Waals surface area contributed by atoms with Crippen LogP contribution in [-0.2, 0) is 0 Å². The van der Waals surface area contributed by atoms with E-state index >= 15 is 0 Å². The van der Waals surface area contributed by atoms with Gasteiger partial charge in [-0.05, 0) is 26.0 Å². The highest BCUT2D eigenvalue weighted by Gasteiger charge is 2.16. The van der Waals surface area contributed by atoms with Gasteiger partial charge in [-0.3, -0.25) is 4.79 Å². The van der Waals surface area contributed by atoms with Gasteiger partial charge in [0.05, 0.1) is 17.2 Å². The molecule has 0 aliphatic carbocycles. The zero-order valence-corrected chi connectivity index (χ0v) is 8.69. The number of benzene rings is 1. The molecule has 0 bridgehead atoms. The summed E-state index contributed by atoms with van der Waals surface area (Å²) in [6.45, 7) is 3.51. The van der Waals surface area contributed by atoms with E-state index in [4.69, 9.17) is 16.3 Å². The van der Waals surface area contributed by atoms with Crippen LogP contribution in [0.1, 0.15) is 24.2 Å². The third-order valence-electron chi connectivity index (χ3n) is 1.71. The number of carbonyl (C=O) groups is 1.